The third-order valence-electron chi connectivity index (χ3n) is 3.72. The zero-order valence-corrected chi connectivity index (χ0v) is 11.6. The van der Waals surface area contributed by atoms with Crippen molar-refractivity contribution < 1.29 is 14.3 Å². The molecule has 3 unspecified atom stereocenters. The average molecular weight is 276 g/mol. The molecule has 1 aromatic rings. The minimum atomic E-state index is -0.567. The van der Waals surface area contributed by atoms with Crippen LogP contribution in [0.2, 0.25) is 0 Å². The first-order valence-electron chi connectivity index (χ1n) is 7.12. The van der Waals surface area contributed by atoms with E-state index in [1.54, 1.807) is 0 Å². The van der Waals surface area contributed by atoms with Crippen molar-refractivity contribution in [3.8, 4) is 11.5 Å². The molecular weight excluding hydrogens is 256 g/mol. The van der Waals surface area contributed by atoms with Gasteiger partial charge in [0.25, 0.3) is 5.91 Å². The second kappa shape index (κ2) is 5.71. The molecule has 108 valence electrons. The van der Waals surface area contributed by atoms with Crippen LogP contribution in [-0.4, -0.2) is 37.7 Å². The third kappa shape index (κ3) is 2.88. The van der Waals surface area contributed by atoms with E-state index in [0.29, 0.717) is 17.4 Å². The van der Waals surface area contributed by atoms with E-state index in [1.807, 2.05) is 24.3 Å². The molecule has 0 spiro atoms. The van der Waals surface area contributed by atoms with Crippen molar-refractivity contribution >= 4 is 5.91 Å². The van der Waals surface area contributed by atoms with Crippen molar-refractivity contribution in [1.82, 2.24) is 10.6 Å². The van der Waals surface area contributed by atoms with Gasteiger partial charge in [0.15, 0.2) is 11.5 Å². The minimum absolute atomic E-state index is 0.0968. The highest BCUT2D eigenvalue weighted by atomic mass is 16.6. The van der Waals surface area contributed by atoms with Crippen LogP contribution in [0.5, 0.6) is 11.5 Å². The maximum atomic E-state index is 12.2. The van der Waals surface area contributed by atoms with Crippen molar-refractivity contribution in [2.45, 2.75) is 25.5 Å². The van der Waals surface area contributed by atoms with Crippen molar-refractivity contribution in [2.75, 3.05) is 19.7 Å². The number of benzene rings is 1. The van der Waals surface area contributed by atoms with Gasteiger partial charge in [0.2, 0.25) is 6.10 Å². The van der Waals surface area contributed by atoms with Gasteiger partial charge in [-0.15, -0.1) is 0 Å². The highest BCUT2D eigenvalue weighted by Crippen LogP contribution is 2.30. The molecule has 0 aliphatic carbocycles. The third-order valence-corrected chi connectivity index (χ3v) is 3.72. The van der Waals surface area contributed by atoms with E-state index in [9.17, 15) is 4.79 Å². The van der Waals surface area contributed by atoms with E-state index in [1.165, 1.54) is 0 Å². The van der Waals surface area contributed by atoms with E-state index in [0.717, 1.165) is 19.5 Å². The number of nitrogens with one attached hydrogen (secondary N) is 2. The molecule has 2 heterocycles. The topological polar surface area (TPSA) is 59.6 Å². The lowest BCUT2D eigenvalue weighted by molar-refractivity contribution is -0.131. The van der Waals surface area contributed by atoms with Gasteiger partial charge in [0.1, 0.15) is 6.61 Å². The SMILES string of the molecule is CC1CNCC(NC(=O)C2COc3ccccc3O2)C1. The summed E-state index contributed by atoms with van der Waals surface area (Å²) < 4.78 is 11.3. The number of amides is 1. The normalized spacial score (nSPS) is 28.8. The Kier molecular flexibility index (Phi) is 3.78. The van der Waals surface area contributed by atoms with Crippen LogP contribution in [0.25, 0.3) is 0 Å². The van der Waals surface area contributed by atoms with Gasteiger partial charge in [-0.2, -0.15) is 0 Å². The number of rotatable bonds is 2. The fraction of sp³-hybridized carbons (Fsp3) is 0.533. The summed E-state index contributed by atoms with van der Waals surface area (Å²) in [5.74, 6) is 1.82. The Morgan fingerprint density at radius 3 is 2.90 bits per heavy atom. The molecule has 2 aliphatic rings. The number of fused-ring (bicyclic) bond motifs is 1. The summed E-state index contributed by atoms with van der Waals surface area (Å²) in [6.45, 7) is 4.28. The predicted octanol–water partition coefficient (Wildman–Crippen LogP) is 0.941. The monoisotopic (exact) mass is 276 g/mol. The molecule has 3 atom stereocenters. The zero-order valence-electron chi connectivity index (χ0n) is 11.6. The summed E-state index contributed by atoms with van der Waals surface area (Å²) in [6, 6.07) is 7.59. The molecule has 20 heavy (non-hydrogen) atoms. The van der Waals surface area contributed by atoms with Crippen LogP contribution in [0.3, 0.4) is 0 Å². The number of piperidine rings is 1. The molecule has 0 bridgehead atoms. The van der Waals surface area contributed by atoms with Gasteiger partial charge in [-0.05, 0) is 31.0 Å². The number of hydrogen-bond acceptors (Lipinski definition) is 4. The molecule has 3 rings (SSSR count). The maximum Gasteiger partial charge on any atom is 0.264 e. The van der Waals surface area contributed by atoms with Gasteiger partial charge in [-0.25, -0.2) is 0 Å². The molecular formula is C15H20N2O3. The second-order valence-corrected chi connectivity index (χ2v) is 5.57. The zero-order chi connectivity index (χ0) is 13.9. The highest BCUT2D eigenvalue weighted by molar-refractivity contribution is 5.82. The van der Waals surface area contributed by atoms with Crippen LogP contribution < -0.4 is 20.1 Å². The van der Waals surface area contributed by atoms with E-state index in [-0.39, 0.29) is 18.6 Å². The van der Waals surface area contributed by atoms with Gasteiger partial charge in [-0.3, -0.25) is 4.79 Å². The lowest BCUT2D eigenvalue weighted by Gasteiger charge is -2.31. The quantitative estimate of drug-likeness (QED) is 0.844. The van der Waals surface area contributed by atoms with Gasteiger partial charge in [0, 0.05) is 12.6 Å². The number of ether oxygens (including phenoxy) is 2. The average Bonchev–Trinajstić information content (AvgIpc) is 2.47. The van der Waals surface area contributed by atoms with Crippen molar-refractivity contribution in [3.63, 3.8) is 0 Å². The van der Waals surface area contributed by atoms with Crippen LogP contribution in [0, 0.1) is 5.92 Å². The van der Waals surface area contributed by atoms with Crippen molar-refractivity contribution in [1.29, 1.82) is 0 Å². The summed E-state index contributed by atoms with van der Waals surface area (Å²) in [5, 5.41) is 6.37. The van der Waals surface area contributed by atoms with E-state index in [2.05, 4.69) is 17.6 Å². The molecule has 2 aliphatic heterocycles. The summed E-state index contributed by atoms with van der Waals surface area (Å²) >= 11 is 0. The van der Waals surface area contributed by atoms with E-state index in [4.69, 9.17) is 9.47 Å². The molecule has 1 amide bonds. The molecule has 0 radical (unpaired) electrons. The first kappa shape index (κ1) is 13.2. The van der Waals surface area contributed by atoms with Crippen LogP contribution in [-0.2, 0) is 4.79 Å². The van der Waals surface area contributed by atoms with Crippen molar-refractivity contribution in [3.05, 3.63) is 24.3 Å². The van der Waals surface area contributed by atoms with Gasteiger partial charge >= 0.3 is 0 Å². The van der Waals surface area contributed by atoms with Gasteiger partial charge in [-0.1, -0.05) is 19.1 Å². The molecule has 0 saturated carbocycles. The fourth-order valence-corrected chi connectivity index (χ4v) is 2.71. The smallest absolute Gasteiger partial charge is 0.264 e. The molecule has 5 nitrogen and oxygen atoms in total. The maximum absolute atomic E-state index is 12.2. The molecule has 2 N–H and O–H groups in total. The van der Waals surface area contributed by atoms with Crippen molar-refractivity contribution in [2.24, 2.45) is 5.92 Å². The minimum Gasteiger partial charge on any atom is -0.485 e. The second-order valence-electron chi connectivity index (χ2n) is 5.57. The summed E-state index contributed by atoms with van der Waals surface area (Å²) in [6.07, 6.45) is 0.435. The Labute approximate surface area is 118 Å². The predicted molar refractivity (Wildman–Crippen MR) is 74.9 cm³/mol. The van der Waals surface area contributed by atoms with E-state index >= 15 is 0 Å². The van der Waals surface area contributed by atoms with Crippen LogP contribution in [0.1, 0.15) is 13.3 Å². The molecule has 1 fully saturated rings. The van der Waals surface area contributed by atoms with Gasteiger partial charge in [0.05, 0.1) is 0 Å². The van der Waals surface area contributed by atoms with Crippen LogP contribution >= 0.6 is 0 Å². The number of para-hydroxylation sites is 2. The number of carbonyl (C=O) groups excluding carboxylic acids is 1. The standard InChI is InChI=1S/C15H20N2O3/c1-10-6-11(8-16-7-10)17-15(18)14-9-19-12-4-2-3-5-13(12)20-14/h2-5,10-11,14,16H,6-9H2,1H3,(H,17,18). The Bertz CT molecular complexity index is 492. The van der Waals surface area contributed by atoms with E-state index < -0.39 is 6.10 Å². The van der Waals surface area contributed by atoms with Gasteiger partial charge < -0.3 is 20.1 Å². The summed E-state index contributed by atoms with van der Waals surface area (Å²) in [5.41, 5.74) is 0. The number of carbonyl (C=O) groups is 1. The lowest BCUT2D eigenvalue weighted by atomic mass is 9.97. The summed E-state index contributed by atoms with van der Waals surface area (Å²) in [4.78, 5) is 12.2. The fourth-order valence-electron chi connectivity index (χ4n) is 2.71. The highest BCUT2D eigenvalue weighted by Gasteiger charge is 2.29. The first-order chi connectivity index (χ1) is 9.72. The van der Waals surface area contributed by atoms with Crippen LogP contribution in [0.4, 0.5) is 0 Å². The number of hydrogen-bond donors (Lipinski definition) is 2. The largest absolute Gasteiger partial charge is 0.485 e. The Morgan fingerprint density at radius 1 is 1.30 bits per heavy atom. The lowest BCUT2D eigenvalue weighted by Crippen LogP contribution is -2.53. The molecule has 5 heteroatoms. The van der Waals surface area contributed by atoms with Crippen LogP contribution in [0.15, 0.2) is 24.3 Å². The molecule has 0 aromatic heterocycles. The Hall–Kier alpha value is -1.75. The molecule has 1 saturated heterocycles. The Balaban J connectivity index is 1.59. The summed E-state index contributed by atoms with van der Waals surface area (Å²) in [7, 11) is 0. The first-order valence-corrected chi connectivity index (χ1v) is 7.12. The molecule has 1 aromatic carbocycles. The Morgan fingerprint density at radius 2 is 2.10 bits per heavy atom.